The van der Waals surface area contributed by atoms with Crippen LogP contribution in [0.1, 0.15) is 26.2 Å². The van der Waals surface area contributed by atoms with Crippen molar-refractivity contribution in [2.45, 2.75) is 31.7 Å². The molecule has 0 aromatic heterocycles. The highest BCUT2D eigenvalue weighted by Gasteiger charge is 2.36. The Morgan fingerprint density at radius 2 is 2.23 bits per heavy atom. The summed E-state index contributed by atoms with van der Waals surface area (Å²) >= 11 is 0. The SMILES string of the molecule is CC(CNC1(CO)CCC1)C(=O)O. The molecule has 0 bridgehead atoms. The lowest BCUT2D eigenvalue weighted by Gasteiger charge is -2.41. The van der Waals surface area contributed by atoms with E-state index in [1.807, 2.05) is 0 Å². The van der Waals surface area contributed by atoms with Crippen molar-refractivity contribution >= 4 is 5.97 Å². The summed E-state index contributed by atoms with van der Waals surface area (Å²) in [6.07, 6.45) is 3.03. The number of carboxylic acid groups (broad SMARTS) is 1. The molecule has 0 heterocycles. The number of aliphatic hydroxyl groups excluding tert-OH is 1. The van der Waals surface area contributed by atoms with Crippen LogP contribution in [-0.2, 0) is 4.79 Å². The van der Waals surface area contributed by atoms with Gasteiger partial charge in [-0.3, -0.25) is 4.79 Å². The molecule has 0 spiro atoms. The molecule has 4 nitrogen and oxygen atoms in total. The third-order valence-electron chi connectivity index (χ3n) is 2.82. The molecule has 1 aliphatic rings. The second-order valence-corrected chi connectivity index (χ2v) is 3.91. The maximum Gasteiger partial charge on any atom is 0.307 e. The van der Waals surface area contributed by atoms with Gasteiger partial charge < -0.3 is 15.5 Å². The summed E-state index contributed by atoms with van der Waals surface area (Å²) in [7, 11) is 0. The predicted molar refractivity (Wildman–Crippen MR) is 48.5 cm³/mol. The highest BCUT2D eigenvalue weighted by molar-refractivity contribution is 5.69. The van der Waals surface area contributed by atoms with E-state index in [9.17, 15) is 4.79 Å². The number of aliphatic hydroxyl groups is 1. The van der Waals surface area contributed by atoms with Gasteiger partial charge in [-0.2, -0.15) is 0 Å². The highest BCUT2D eigenvalue weighted by Crippen LogP contribution is 2.31. The number of carboxylic acids is 1. The lowest BCUT2D eigenvalue weighted by molar-refractivity contribution is -0.141. The molecule has 0 amide bonds. The zero-order valence-corrected chi connectivity index (χ0v) is 7.92. The molecule has 1 atom stereocenters. The number of rotatable bonds is 5. The first-order valence-electron chi connectivity index (χ1n) is 4.68. The minimum Gasteiger partial charge on any atom is -0.481 e. The van der Waals surface area contributed by atoms with E-state index in [-0.39, 0.29) is 18.1 Å². The third-order valence-corrected chi connectivity index (χ3v) is 2.82. The van der Waals surface area contributed by atoms with E-state index in [1.54, 1.807) is 6.92 Å². The van der Waals surface area contributed by atoms with E-state index in [2.05, 4.69) is 5.32 Å². The maximum absolute atomic E-state index is 10.5. The maximum atomic E-state index is 10.5. The van der Waals surface area contributed by atoms with Crippen LogP contribution >= 0.6 is 0 Å². The van der Waals surface area contributed by atoms with Crippen molar-refractivity contribution in [2.24, 2.45) is 5.92 Å². The fourth-order valence-corrected chi connectivity index (χ4v) is 1.45. The third kappa shape index (κ3) is 2.42. The first-order valence-corrected chi connectivity index (χ1v) is 4.68. The summed E-state index contributed by atoms with van der Waals surface area (Å²) in [5, 5.41) is 20.9. The molecule has 1 aliphatic carbocycles. The van der Waals surface area contributed by atoms with Gasteiger partial charge in [0.05, 0.1) is 12.5 Å². The van der Waals surface area contributed by atoms with Crippen LogP contribution in [0.25, 0.3) is 0 Å². The molecule has 0 aromatic carbocycles. The fourth-order valence-electron chi connectivity index (χ4n) is 1.45. The van der Waals surface area contributed by atoms with Crippen LogP contribution in [0.3, 0.4) is 0 Å². The number of hydrogen-bond acceptors (Lipinski definition) is 3. The number of aliphatic carboxylic acids is 1. The van der Waals surface area contributed by atoms with Gasteiger partial charge in [-0.05, 0) is 19.3 Å². The van der Waals surface area contributed by atoms with Crippen LogP contribution in [0.5, 0.6) is 0 Å². The van der Waals surface area contributed by atoms with E-state index >= 15 is 0 Å². The molecule has 0 aromatic rings. The van der Waals surface area contributed by atoms with Gasteiger partial charge in [0.1, 0.15) is 0 Å². The Hall–Kier alpha value is -0.610. The topological polar surface area (TPSA) is 69.6 Å². The van der Waals surface area contributed by atoms with Crippen LogP contribution in [-0.4, -0.2) is 34.9 Å². The summed E-state index contributed by atoms with van der Waals surface area (Å²) in [5.41, 5.74) is -0.177. The summed E-state index contributed by atoms with van der Waals surface area (Å²) in [5.74, 6) is -1.18. The summed E-state index contributed by atoms with van der Waals surface area (Å²) in [6.45, 7) is 2.22. The van der Waals surface area contributed by atoms with Gasteiger partial charge in [-0.25, -0.2) is 0 Å². The minimum absolute atomic E-state index is 0.110. The Morgan fingerprint density at radius 1 is 1.62 bits per heavy atom. The van der Waals surface area contributed by atoms with Gasteiger partial charge in [0, 0.05) is 12.1 Å². The fraction of sp³-hybridized carbons (Fsp3) is 0.889. The Balaban J connectivity index is 2.28. The van der Waals surface area contributed by atoms with Crippen molar-refractivity contribution in [1.82, 2.24) is 5.32 Å². The Labute approximate surface area is 78.0 Å². The zero-order chi connectivity index (χ0) is 9.90. The summed E-state index contributed by atoms with van der Waals surface area (Å²) in [4.78, 5) is 10.5. The van der Waals surface area contributed by atoms with Gasteiger partial charge in [-0.15, -0.1) is 0 Å². The molecule has 1 rings (SSSR count). The quantitative estimate of drug-likeness (QED) is 0.575. The molecular weight excluding hydrogens is 170 g/mol. The largest absolute Gasteiger partial charge is 0.481 e. The molecule has 0 aliphatic heterocycles. The lowest BCUT2D eigenvalue weighted by Crippen LogP contribution is -2.55. The smallest absolute Gasteiger partial charge is 0.307 e. The molecule has 4 heteroatoms. The van der Waals surface area contributed by atoms with E-state index in [1.165, 1.54) is 0 Å². The molecule has 13 heavy (non-hydrogen) atoms. The number of nitrogens with one attached hydrogen (secondary N) is 1. The predicted octanol–water partition coefficient (Wildman–Crippen LogP) is 0.212. The molecule has 0 saturated heterocycles. The standard InChI is InChI=1S/C9H17NO3/c1-7(8(12)13)5-10-9(6-11)3-2-4-9/h7,10-11H,2-6H2,1H3,(H,12,13). The first kappa shape index (κ1) is 10.5. The second-order valence-electron chi connectivity index (χ2n) is 3.91. The van der Waals surface area contributed by atoms with Gasteiger partial charge >= 0.3 is 5.97 Å². The average Bonchev–Trinajstić information content (AvgIpc) is 2.02. The number of carbonyl (C=O) groups is 1. The van der Waals surface area contributed by atoms with Crippen molar-refractivity contribution < 1.29 is 15.0 Å². The van der Waals surface area contributed by atoms with E-state index < -0.39 is 5.97 Å². The van der Waals surface area contributed by atoms with Crippen molar-refractivity contribution in [1.29, 1.82) is 0 Å². The zero-order valence-electron chi connectivity index (χ0n) is 7.92. The van der Waals surface area contributed by atoms with Crippen molar-refractivity contribution in [3.63, 3.8) is 0 Å². The Bertz CT molecular complexity index is 184. The van der Waals surface area contributed by atoms with Crippen LogP contribution in [0, 0.1) is 5.92 Å². The molecule has 0 radical (unpaired) electrons. The minimum atomic E-state index is -0.792. The van der Waals surface area contributed by atoms with Crippen LogP contribution in [0.4, 0.5) is 0 Å². The van der Waals surface area contributed by atoms with Crippen molar-refractivity contribution in [2.75, 3.05) is 13.2 Å². The van der Waals surface area contributed by atoms with E-state index in [0.717, 1.165) is 19.3 Å². The molecule has 3 N–H and O–H groups in total. The normalized spacial score (nSPS) is 22.0. The first-order chi connectivity index (χ1) is 6.09. The van der Waals surface area contributed by atoms with Crippen LogP contribution in [0.15, 0.2) is 0 Å². The molecular formula is C9H17NO3. The molecule has 1 saturated carbocycles. The van der Waals surface area contributed by atoms with Crippen molar-refractivity contribution in [3.05, 3.63) is 0 Å². The molecule has 1 unspecified atom stereocenters. The summed E-state index contributed by atoms with van der Waals surface area (Å²) in [6, 6.07) is 0. The van der Waals surface area contributed by atoms with Gasteiger partial charge in [0.2, 0.25) is 0 Å². The lowest BCUT2D eigenvalue weighted by atomic mass is 9.77. The van der Waals surface area contributed by atoms with Gasteiger partial charge in [0.15, 0.2) is 0 Å². The molecule has 1 fully saturated rings. The van der Waals surface area contributed by atoms with Crippen LogP contribution < -0.4 is 5.32 Å². The van der Waals surface area contributed by atoms with Gasteiger partial charge in [0.25, 0.3) is 0 Å². The van der Waals surface area contributed by atoms with Gasteiger partial charge in [-0.1, -0.05) is 6.92 Å². The van der Waals surface area contributed by atoms with E-state index in [4.69, 9.17) is 10.2 Å². The monoisotopic (exact) mass is 187 g/mol. The highest BCUT2D eigenvalue weighted by atomic mass is 16.4. The average molecular weight is 187 g/mol. The summed E-state index contributed by atoms with van der Waals surface area (Å²) < 4.78 is 0. The van der Waals surface area contributed by atoms with Crippen LogP contribution in [0.2, 0.25) is 0 Å². The molecule has 76 valence electrons. The van der Waals surface area contributed by atoms with E-state index in [0.29, 0.717) is 6.54 Å². The second kappa shape index (κ2) is 4.07. The number of hydrogen-bond donors (Lipinski definition) is 3. The Kier molecular flexibility index (Phi) is 3.27. The van der Waals surface area contributed by atoms with Crippen molar-refractivity contribution in [3.8, 4) is 0 Å². The Morgan fingerprint density at radius 3 is 2.54 bits per heavy atom.